The SMILES string of the molecule is C1=CC2C(OC3C=c4ccccc4=C4C=CCC2C43)C(c2cc3c(c4c2=CCCC=4)C=CC2C4=C(C=CC32)CCC=C4)=C1. The van der Waals surface area contributed by atoms with Crippen molar-refractivity contribution in [2.24, 2.45) is 23.7 Å². The summed E-state index contributed by atoms with van der Waals surface area (Å²) in [4.78, 5) is 0. The van der Waals surface area contributed by atoms with E-state index in [9.17, 15) is 0 Å². The van der Waals surface area contributed by atoms with E-state index in [1.807, 2.05) is 0 Å². The molecule has 1 saturated heterocycles. The van der Waals surface area contributed by atoms with Gasteiger partial charge in [0.25, 0.3) is 0 Å². The molecule has 2 aromatic rings. The fourth-order valence-corrected chi connectivity index (χ4v) is 9.68. The minimum absolute atomic E-state index is 0.0652. The zero-order valence-electron chi connectivity index (χ0n) is 24.5. The maximum Gasteiger partial charge on any atom is 0.0904 e. The van der Waals surface area contributed by atoms with E-state index in [0.29, 0.717) is 29.6 Å². The number of hydrogen-bond acceptors (Lipinski definition) is 1. The summed E-state index contributed by atoms with van der Waals surface area (Å²) in [6, 6.07) is 11.5. The third-order valence-corrected chi connectivity index (χ3v) is 11.5. The highest BCUT2D eigenvalue weighted by atomic mass is 16.5. The first kappa shape index (κ1) is 24.5. The summed E-state index contributed by atoms with van der Waals surface area (Å²) >= 11 is 0. The van der Waals surface area contributed by atoms with Crippen LogP contribution in [-0.4, -0.2) is 12.2 Å². The Labute approximate surface area is 253 Å². The molecule has 10 rings (SSSR count). The monoisotopic (exact) mass is 556 g/mol. The Balaban J connectivity index is 1.13. The van der Waals surface area contributed by atoms with Gasteiger partial charge in [0, 0.05) is 23.7 Å². The predicted molar refractivity (Wildman–Crippen MR) is 177 cm³/mol. The van der Waals surface area contributed by atoms with Crippen molar-refractivity contribution >= 4 is 35.5 Å². The molecule has 7 aliphatic carbocycles. The van der Waals surface area contributed by atoms with E-state index in [1.165, 1.54) is 66.3 Å². The van der Waals surface area contributed by atoms with Crippen molar-refractivity contribution in [2.75, 3.05) is 0 Å². The van der Waals surface area contributed by atoms with Crippen LogP contribution in [0.4, 0.5) is 0 Å². The van der Waals surface area contributed by atoms with Crippen molar-refractivity contribution in [1.29, 1.82) is 0 Å². The van der Waals surface area contributed by atoms with Crippen molar-refractivity contribution in [3.8, 4) is 0 Å². The standard InChI is InChI=1S/C42H36O/c1-3-11-27-25(9-1)19-20-32-31(27)21-22-33-29-13-5-6-14-30(29)39(24-38(32)33)37-18-8-17-36-35-16-7-15-34-28-12-4-2-10-26(28)23-40(41(34)35)43-42(36)37/h2-4,7-8,10-15,17-24,31-32,35-36,40-42H,1,5-6,9,16H2. The summed E-state index contributed by atoms with van der Waals surface area (Å²) in [6.45, 7) is 0. The molecule has 1 heterocycles. The van der Waals surface area contributed by atoms with E-state index in [2.05, 4.69) is 115 Å². The number of allylic oxidation sites excluding steroid dienone is 11. The summed E-state index contributed by atoms with van der Waals surface area (Å²) in [5, 5.41) is 5.58. The first-order valence-electron chi connectivity index (χ1n) is 16.5. The quantitative estimate of drug-likeness (QED) is 0.409. The van der Waals surface area contributed by atoms with Gasteiger partial charge >= 0.3 is 0 Å². The van der Waals surface area contributed by atoms with Crippen molar-refractivity contribution in [3.05, 3.63) is 140 Å². The number of rotatable bonds is 1. The van der Waals surface area contributed by atoms with Crippen LogP contribution < -0.4 is 20.9 Å². The second kappa shape index (κ2) is 9.28. The van der Waals surface area contributed by atoms with Crippen LogP contribution in [0.1, 0.15) is 54.7 Å². The zero-order chi connectivity index (χ0) is 28.1. The molecule has 2 aromatic carbocycles. The van der Waals surface area contributed by atoms with Gasteiger partial charge in [-0.1, -0.05) is 103 Å². The first-order valence-corrected chi connectivity index (χ1v) is 16.5. The molecular weight excluding hydrogens is 520 g/mol. The Hall–Kier alpha value is -3.94. The van der Waals surface area contributed by atoms with Crippen molar-refractivity contribution in [1.82, 2.24) is 0 Å². The second-order valence-corrected chi connectivity index (χ2v) is 13.6. The molecule has 1 aliphatic heterocycles. The lowest BCUT2D eigenvalue weighted by Crippen LogP contribution is -2.53. The van der Waals surface area contributed by atoms with Crippen LogP contribution in [0.5, 0.6) is 0 Å². The molecule has 210 valence electrons. The minimum atomic E-state index is 0.0652. The van der Waals surface area contributed by atoms with Gasteiger partial charge in [-0.3, -0.25) is 0 Å². The van der Waals surface area contributed by atoms with Crippen LogP contribution in [0.15, 0.2) is 102 Å². The Bertz CT molecular complexity index is 2070. The van der Waals surface area contributed by atoms with Crippen LogP contribution in [-0.2, 0) is 4.74 Å². The fourth-order valence-electron chi connectivity index (χ4n) is 9.68. The summed E-state index contributed by atoms with van der Waals surface area (Å²) in [5.41, 5.74) is 10.2. The van der Waals surface area contributed by atoms with Crippen molar-refractivity contribution in [3.63, 3.8) is 0 Å². The molecule has 0 N–H and O–H groups in total. The van der Waals surface area contributed by atoms with Gasteiger partial charge in [-0.05, 0) is 110 Å². The fraction of sp³-hybridized carbons (Fsp3) is 0.286. The van der Waals surface area contributed by atoms with E-state index in [0.717, 1.165) is 25.7 Å². The predicted octanol–water partition coefficient (Wildman–Crippen LogP) is 6.16. The largest absolute Gasteiger partial charge is 0.365 e. The van der Waals surface area contributed by atoms with Crippen LogP contribution in [0, 0.1) is 23.7 Å². The van der Waals surface area contributed by atoms with Crippen LogP contribution in [0.3, 0.4) is 0 Å². The van der Waals surface area contributed by atoms with Gasteiger partial charge in [0.15, 0.2) is 0 Å². The third-order valence-electron chi connectivity index (χ3n) is 11.5. The minimum Gasteiger partial charge on any atom is -0.365 e. The highest BCUT2D eigenvalue weighted by molar-refractivity contribution is 5.78. The molecule has 0 saturated carbocycles. The molecule has 0 bridgehead atoms. The number of ether oxygens (including phenoxy) is 1. The molecule has 1 fully saturated rings. The molecule has 7 unspecified atom stereocenters. The van der Waals surface area contributed by atoms with Gasteiger partial charge in [0.2, 0.25) is 0 Å². The maximum absolute atomic E-state index is 7.27. The lowest BCUT2D eigenvalue weighted by atomic mass is 9.63. The third kappa shape index (κ3) is 3.49. The number of benzene rings is 2. The highest BCUT2D eigenvalue weighted by Crippen LogP contribution is 2.51. The summed E-state index contributed by atoms with van der Waals surface area (Å²) in [7, 11) is 0. The molecule has 1 heteroatoms. The molecule has 0 aromatic heterocycles. The zero-order valence-corrected chi connectivity index (χ0v) is 24.5. The Morgan fingerprint density at radius 2 is 1.67 bits per heavy atom. The van der Waals surface area contributed by atoms with E-state index in [1.54, 1.807) is 0 Å². The molecule has 0 amide bonds. The van der Waals surface area contributed by atoms with Gasteiger partial charge in [-0.25, -0.2) is 0 Å². The first-order chi connectivity index (χ1) is 21.3. The molecule has 0 spiro atoms. The summed E-state index contributed by atoms with van der Waals surface area (Å²) in [5.74, 6) is 2.17. The normalized spacial score (nSPS) is 33.3. The Kier molecular flexibility index (Phi) is 5.29. The van der Waals surface area contributed by atoms with Gasteiger partial charge in [-0.2, -0.15) is 0 Å². The lowest BCUT2D eigenvalue weighted by molar-refractivity contribution is -0.0634. The van der Waals surface area contributed by atoms with E-state index in [4.69, 9.17) is 4.74 Å². The van der Waals surface area contributed by atoms with Gasteiger partial charge < -0.3 is 4.74 Å². The van der Waals surface area contributed by atoms with Crippen LogP contribution in [0.2, 0.25) is 0 Å². The topological polar surface area (TPSA) is 9.23 Å². The molecule has 1 nitrogen and oxygen atoms in total. The Morgan fingerprint density at radius 3 is 2.65 bits per heavy atom. The molecule has 0 radical (unpaired) electrons. The summed E-state index contributed by atoms with van der Waals surface area (Å²) in [6.07, 6.45) is 39.9. The van der Waals surface area contributed by atoms with Crippen LogP contribution >= 0.6 is 0 Å². The summed E-state index contributed by atoms with van der Waals surface area (Å²) < 4.78 is 7.27. The van der Waals surface area contributed by atoms with E-state index >= 15 is 0 Å². The molecule has 43 heavy (non-hydrogen) atoms. The molecule has 7 atom stereocenters. The molecular formula is C42H36O. The Morgan fingerprint density at radius 1 is 0.791 bits per heavy atom. The highest BCUT2D eigenvalue weighted by Gasteiger charge is 2.48. The van der Waals surface area contributed by atoms with E-state index in [-0.39, 0.29) is 12.2 Å². The maximum atomic E-state index is 7.27. The molecule has 8 aliphatic rings. The van der Waals surface area contributed by atoms with Crippen LogP contribution in [0.25, 0.3) is 35.5 Å². The number of fused-ring (bicyclic) bond motifs is 9. The average Bonchev–Trinajstić information content (AvgIpc) is 3.07. The van der Waals surface area contributed by atoms with Crippen molar-refractivity contribution in [2.45, 2.75) is 50.2 Å². The smallest absolute Gasteiger partial charge is 0.0904 e. The van der Waals surface area contributed by atoms with E-state index < -0.39 is 0 Å². The van der Waals surface area contributed by atoms with Gasteiger partial charge in [-0.15, -0.1) is 0 Å². The lowest BCUT2D eigenvalue weighted by Gasteiger charge is -2.50. The second-order valence-electron chi connectivity index (χ2n) is 13.6. The van der Waals surface area contributed by atoms with Crippen molar-refractivity contribution < 1.29 is 4.74 Å². The van der Waals surface area contributed by atoms with Gasteiger partial charge in [0.05, 0.1) is 12.2 Å². The van der Waals surface area contributed by atoms with Gasteiger partial charge in [0.1, 0.15) is 0 Å². The number of hydrogen-bond donors (Lipinski definition) is 0. The average molecular weight is 557 g/mol.